The van der Waals surface area contributed by atoms with Crippen molar-refractivity contribution in [3.8, 4) is 28.7 Å². The van der Waals surface area contributed by atoms with Gasteiger partial charge in [0.2, 0.25) is 0 Å². The van der Waals surface area contributed by atoms with Gasteiger partial charge in [-0.2, -0.15) is 12.1 Å². The predicted octanol–water partition coefficient (Wildman–Crippen LogP) is 17.6. The Bertz CT molecular complexity index is 3540. The molecule has 0 atom stereocenters. The molecule has 0 aliphatic carbocycles. The molecular formula is C70H80N4OPt-2. The molecule has 76 heavy (non-hydrogen) atoms. The summed E-state index contributed by atoms with van der Waals surface area (Å²) in [6.45, 7) is 43.7. The zero-order valence-corrected chi connectivity index (χ0v) is 51.1. The van der Waals surface area contributed by atoms with Crippen molar-refractivity contribution in [2.75, 3.05) is 0 Å². The molecule has 9 rings (SSSR count). The minimum atomic E-state index is -0.404. The first-order valence-electron chi connectivity index (χ1n) is 27.0. The zero-order chi connectivity index (χ0) is 54.4. The minimum absolute atomic E-state index is 0. The van der Waals surface area contributed by atoms with Gasteiger partial charge < -0.3 is 13.9 Å². The molecule has 0 unspecified atom stereocenters. The summed E-state index contributed by atoms with van der Waals surface area (Å²) in [5.74, 6) is 2.03. The summed E-state index contributed by atoms with van der Waals surface area (Å²) in [5.41, 5.74) is 13.5. The summed E-state index contributed by atoms with van der Waals surface area (Å²) in [5, 5.41) is 2.22. The van der Waals surface area contributed by atoms with Crippen molar-refractivity contribution >= 4 is 21.8 Å². The maximum atomic E-state index is 7.16. The normalized spacial score (nSPS) is 13.1. The summed E-state index contributed by atoms with van der Waals surface area (Å²) in [7, 11) is 0. The molecule has 0 saturated carbocycles. The second-order valence-corrected chi connectivity index (χ2v) is 27.2. The van der Waals surface area contributed by atoms with Crippen molar-refractivity contribution in [2.24, 2.45) is 0 Å². The van der Waals surface area contributed by atoms with E-state index in [4.69, 9.17) is 9.72 Å². The molecule has 6 heteroatoms. The van der Waals surface area contributed by atoms with Crippen molar-refractivity contribution in [3.63, 3.8) is 0 Å². The van der Waals surface area contributed by atoms with Crippen molar-refractivity contribution in [1.82, 2.24) is 14.1 Å². The van der Waals surface area contributed by atoms with Crippen LogP contribution in [0.4, 0.5) is 0 Å². The van der Waals surface area contributed by atoms with Crippen LogP contribution in [0.25, 0.3) is 39.0 Å². The molecule has 0 N–H and O–H groups in total. The molecule has 0 saturated heterocycles. The van der Waals surface area contributed by atoms with E-state index in [2.05, 4.69) is 297 Å². The van der Waals surface area contributed by atoms with Crippen LogP contribution in [0.15, 0.2) is 140 Å². The van der Waals surface area contributed by atoms with Gasteiger partial charge in [-0.3, -0.25) is 4.57 Å². The van der Waals surface area contributed by atoms with Gasteiger partial charge in [0, 0.05) is 49.7 Å². The van der Waals surface area contributed by atoms with Gasteiger partial charge >= 0.3 is 0 Å². The van der Waals surface area contributed by atoms with Crippen molar-refractivity contribution in [3.05, 3.63) is 208 Å². The largest absolute Gasteiger partial charge is 0.510 e. The number of ether oxygens (including phenoxy) is 1. The van der Waals surface area contributed by atoms with Crippen LogP contribution in [0.2, 0.25) is 0 Å². The third-order valence-electron chi connectivity index (χ3n) is 15.4. The Kier molecular flexibility index (Phi) is 14.6. The molecule has 6 aromatic carbocycles. The van der Waals surface area contributed by atoms with Crippen LogP contribution in [0.1, 0.15) is 182 Å². The molecule has 398 valence electrons. The van der Waals surface area contributed by atoms with Crippen molar-refractivity contribution in [2.45, 2.75) is 169 Å². The monoisotopic (exact) mass is 1190 g/mol. The van der Waals surface area contributed by atoms with Gasteiger partial charge in [0.1, 0.15) is 5.82 Å². The fourth-order valence-electron chi connectivity index (χ4n) is 10.6. The number of pyridine rings is 1. The Labute approximate surface area is 470 Å². The average molecular weight is 1190 g/mol. The molecule has 3 aromatic heterocycles. The van der Waals surface area contributed by atoms with Gasteiger partial charge in [-0.15, -0.1) is 35.2 Å². The summed E-state index contributed by atoms with van der Waals surface area (Å²) in [6.07, 6.45) is 5.93. The molecule has 0 spiro atoms. The Morgan fingerprint density at radius 3 is 1.55 bits per heavy atom. The summed E-state index contributed by atoms with van der Waals surface area (Å²) < 4.78 is 14.0. The molecule has 0 bridgehead atoms. The number of hydrogen-bond acceptors (Lipinski definition) is 2. The van der Waals surface area contributed by atoms with Crippen LogP contribution in [0.3, 0.4) is 0 Å². The Hall–Kier alpha value is -6.03. The first-order chi connectivity index (χ1) is 34.8. The van der Waals surface area contributed by atoms with Crippen LogP contribution >= 0.6 is 0 Å². The number of rotatable bonds is 9. The maximum absolute atomic E-state index is 7.16. The van der Waals surface area contributed by atoms with E-state index in [1.807, 2.05) is 6.20 Å². The standard InChI is InChI=1S/C70H80N4O.Pt/c1-64(2,3)48-34-35-71-61(42-48)74-59-33-30-49(69(16,17)46-26-22-20-23-27-46)41-58(59)57-32-31-55(44-60(57)74)75-56-40-52(70(18,19)47-28-24-21-25-29-47)39-54(43-56)73-45-72(62(67(10,11)12)63(73)68(13,14)15)53-37-50(65(4,5)6)36-51(38-53)66(7,8)9;/h20-42H,1-19H3;/q-2;. The number of hydrogen-bond donors (Lipinski definition) is 0. The molecule has 9 aromatic rings. The molecule has 0 radical (unpaired) electrons. The third-order valence-corrected chi connectivity index (χ3v) is 15.4. The Morgan fingerprint density at radius 2 is 1.01 bits per heavy atom. The van der Waals surface area contributed by atoms with E-state index in [0.717, 1.165) is 44.6 Å². The first kappa shape index (κ1) is 56.2. The van der Waals surface area contributed by atoms with Gasteiger partial charge in [-0.1, -0.05) is 216 Å². The third kappa shape index (κ3) is 10.8. The second kappa shape index (κ2) is 19.8. The molecule has 3 heterocycles. The molecule has 5 nitrogen and oxygen atoms in total. The van der Waals surface area contributed by atoms with E-state index < -0.39 is 5.41 Å². The van der Waals surface area contributed by atoms with Crippen LogP contribution in [-0.4, -0.2) is 14.1 Å². The Morgan fingerprint density at radius 1 is 0.447 bits per heavy atom. The van der Waals surface area contributed by atoms with E-state index in [0.29, 0.717) is 11.5 Å². The topological polar surface area (TPSA) is 35.9 Å². The van der Waals surface area contributed by atoms with Gasteiger partial charge in [0.25, 0.3) is 6.33 Å². The van der Waals surface area contributed by atoms with E-state index in [-0.39, 0.29) is 53.6 Å². The number of nitrogens with zero attached hydrogens (tertiary/aromatic N) is 4. The van der Waals surface area contributed by atoms with Crippen molar-refractivity contribution in [1.29, 1.82) is 0 Å². The van der Waals surface area contributed by atoms with Gasteiger partial charge in [-0.25, -0.2) is 4.98 Å². The predicted molar refractivity (Wildman–Crippen MR) is 313 cm³/mol. The SMILES string of the molecule is CC(C)(C)c1cc(-[n+]2[c-]n(-c3[c-]c(Oc4[c-]c5c(cc4)c4cc(C(C)(C)c6ccccc6)ccc4n5-c4cc(C(C)(C)C)ccn4)cc(C(C)(C)c4ccccc4)c3)c(C(C)(C)C)c2C(C)(C)C)cc(C(C)(C)C)c1.[Pt]. The van der Waals surface area contributed by atoms with Gasteiger partial charge in [0.05, 0.1) is 17.1 Å². The zero-order valence-electron chi connectivity index (χ0n) is 48.8. The van der Waals surface area contributed by atoms with Crippen LogP contribution in [0.5, 0.6) is 11.5 Å². The van der Waals surface area contributed by atoms with E-state index in [9.17, 15) is 0 Å². The van der Waals surface area contributed by atoms with Gasteiger partial charge in [0.15, 0.2) is 0 Å². The van der Waals surface area contributed by atoms with Crippen molar-refractivity contribution < 1.29 is 30.4 Å². The average Bonchev–Trinajstić information content (AvgIpc) is 3.92. The molecular weight excluding hydrogens is 1110 g/mol. The van der Waals surface area contributed by atoms with Crippen LogP contribution < -0.4 is 9.30 Å². The molecule has 0 fully saturated rings. The fourth-order valence-corrected chi connectivity index (χ4v) is 10.6. The molecule has 0 amide bonds. The number of fused-ring (bicyclic) bond motifs is 3. The molecule has 0 aliphatic rings. The number of imidazole rings is 1. The smallest absolute Gasteiger partial charge is 0.267 e. The molecule has 0 aliphatic heterocycles. The van der Waals surface area contributed by atoms with E-state index >= 15 is 0 Å². The van der Waals surface area contributed by atoms with Crippen LogP contribution in [0, 0.1) is 18.5 Å². The first-order valence-corrected chi connectivity index (χ1v) is 27.0. The van der Waals surface area contributed by atoms with E-state index in [1.165, 1.54) is 44.8 Å². The maximum Gasteiger partial charge on any atom is 0.267 e. The quantitative estimate of drug-likeness (QED) is 0.107. The number of benzene rings is 6. The van der Waals surface area contributed by atoms with Crippen LogP contribution in [-0.2, 0) is 59.0 Å². The summed E-state index contributed by atoms with van der Waals surface area (Å²) >= 11 is 0. The van der Waals surface area contributed by atoms with Gasteiger partial charge in [-0.05, 0) is 107 Å². The summed E-state index contributed by atoms with van der Waals surface area (Å²) in [6, 6.07) is 56.3. The summed E-state index contributed by atoms with van der Waals surface area (Å²) in [4.78, 5) is 5.04. The second-order valence-electron chi connectivity index (χ2n) is 27.2. The fraction of sp³-hybridized carbons (Fsp3) is 0.371. The minimum Gasteiger partial charge on any atom is -0.510 e. The number of aromatic nitrogens is 4. The Balaban J connectivity index is 0.00000765. The van der Waals surface area contributed by atoms with E-state index in [1.54, 1.807) is 0 Å².